The van der Waals surface area contributed by atoms with E-state index in [4.69, 9.17) is 0 Å². The van der Waals surface area contributed by atoms with Crippen LogP contribution >= 0.6 is 0 Å². The molecule has 2 aliphatic rings. The molecule has 0 amide bonds. The summed E-state index contributed by atoms with van der Waals surface area (Å²) in [5, 5.41) is 10.6. The standard InChI is InChI=1S/C14H20O4/c1-17-12(15)18-11-5-8-14(16)10-9-13(14)6-3-2-4-7-13/h16H,2-4,6-7,9-11H2,1H3/t14-/m1/s1. The van der Waals surface area contributed by atoms with E-state index in [0.29, 0.717) is 0 Å². The fraction of sp³-hybridized carbons (Fsp3) is 0.786. The molecule has 0 aromatic carbocycles. The van der Waals surface area contributed by atoms with Crippen LogP contribution < -0.4 is 0 Å². The predicted octanol–water partition coefficient (Wildman–Crippen LogP) is 2.25. The second-order valence-electron chi connectivity index (χ2n) is 5.25. The molecule has 0 heterocycles. The van der Waals surface area contributed by atoms with Crippen molar-refractivity contribution in [1.29, 1.82) is 0 Å². The van der Waals surface area contributed by atoms with E-state index in [1.54, 1.807) is 0 Å². The van der Waals surface area contributed by atoms with Crippen LogP contribution in [0.2, 0.25) is 0 Å². The topological polar surface area (TPSA) is 55.8 Å². The zero-order valence-electron chi connectivity index (χ0n) is 10.8. The number of hydrogen-bond donors (Lipinski definition) is 1. The summed E-state index contributed by atoms with van der Waals surface area (Å²) in [4.78, 5) is 10.7. The summed E-state index contributed by atoms with van der Waals surface area (Å²) in [6.45, 7) is -0.0228. The Hall–Kier alpha value is -1.21. The number of carbonyl (C=O) groups is 1. The van der Waals surface area contributed by atoms with Gasteiger partial charge >= 0.3 is 6.16 Å². The van der Waals surface area contributed by atoms with Gasteiger partial charge in [-0.15, -0.1) is 0 Å². The van der Waals surface area contributed by atoms with Gasteiger partial charge in [-0.3, -0.25) is 0 Å². The SMILES string of the molecule is COC(=O)OCC#C[C@@]1(O)CCC12CCCCC2. The van der Waals surface area contributed by atoms with Gasteiger partial charge in [-0.1, -0.05) is 31.1 Å². The van der Waals surface area contributed by atoms with Crippen LogP contribution in [0.15, 0.2) is 0 Å². The Morgan fingerprint density at radius 1 is 1.22 bits per heavy atom. The van der Waals surface area contributed by atoms with E-state index < -0.39 is 11.8 Å². The number of rotatable bonds is 1. The highest BCUT2D eigenvalue weighted by Gasteiger charge is 2.57. The molecule has 0 aliphatic heterocycles. The molecule has 1 N–H and O–H groups in total. The molecule has 0 unspecified atom stereocenters. The van der Waals surface area contributed by atoms with Crippen molar-refractivity contribution in [2.24, 2.45) is 5.41 Å². The third-order valence-corrected chi connectivity index (χ3v) is 4.38. The molecule has 2 saturated carbocycles. The largest absolute Gasteiger partial charge is 0.508 e. The van der Waals surface area contributed by atoms with Crippen LogP contribution in [0.25, 0.3) is 0 Å². The fourth-order valence-corrected chi connectivity index (χ4v) is 3.14. The maximum Gasteiger partial charge on any atom is 0.508 e. The van der Waals surface area contributed by atoms with E-state index in [-0.39, 0.29) is 12.0 Å². The molecular weight excluding hydrogens is 232 g/mol. The number of hydrogen-bond acceptors (Lipinski definition) is 4. The van der Waals surface area contributed by atoms with E-state index in [9.17, 15) is 9.90 Å². The number of aliphatic hydroxyl groups is 1. The van der Waals surface area contributed by atoms with Crippen LogP contribution in [-0.4, -0.2) is 30.6 Å². The Labute approximate surface area is 108 Å². The summed E-state index contributed by atoms with van der Waals surface area (Å²) < 4.78 is 9.03. The quantitative estimate of drug-likeness (QED) is 0.574. The first-order valence-electron chi connectivity index (χ1n) is 6.55. The Balaban J connectivity index is 1.91. The van der Waals surface area contributed by atoms with Gasteiger partial charge in [0.1, 0.15) is 5.60 Å². The molecule has 1 atom stereocenters. The zero-order valence-corrected chi connectivity index (χ0v) is 10.8. The normalized spacial score (nSPS) is 28.8. The molecule has 0 aromatic rings. The zero-order chi connectivity index (χ0) is 13.1. The molecule has 18 heavy (non-hydrogen) atoms. The predicted molar refractivity (Wildman–Crippen MR) is 65.8 cm³/mol. The summed E-state index contributed by atoms with van der Waals surface area (Å²) >= 11 is 0. The molecule has 0 bridgehead atoms. The lowest BCUT2D eigenvalue weighted by Crippen LogP contribution is -2.57. The smallest absolute Gasteiger partial charge is 0.438 e. The minimum absolute atomic E-state index is 0.00349. The second-order valence-corrected chi connectivity index (χ2v) is 5.25. The van der Waals surface area contributed by atoms with Crippen molar-refractivity contribution in [2.45, 2.75) is 50.5 Å². The van der Waals surface area contributed by atoms with Gasteiger partial charge in [0.05, 0.1) is 7.11 Å². The molecular formula is C14H20O4. The first kappa shape index (κ1) is 13.2. The molecule has 1 spiro atoms. The van der Waals surface area contributed by atoms with Crippen molar-refractivity contribution < 1.29 is 19.4 Å². The summed E-state index contributed by atoms with van der Waals surface area (Å²) in [5.41, 5.74) is -0.865. The lowest BCUT2D eigenvalue weighted by molar-refractivity contribution is -0.141. The highest BCUT2D eigenvalue weighted by molar-refractivity contribution is 5.59. The Morgan fingerprint density at radius 3 is 2.50 bits per heavy atom. The van der Waals surface area contributed by atoms with Crippen LogP contribution in [-0.2, 0) is 9.47 Å². The van der Waals surface area contributed by atoms with E-state index in [1.165, 1.54) is 26.4 Å². The maximum atomic E-state index is 10.7. The lowest BCUT2D eigenvalue weighted by atomic mass is 9.51. The monoisotopic (exact) mass is 252 g/mol. The molecule has 0 aromatic heterocycles. The molecule has 100 valence electrons. The van der Waals surface area contributed by atoms with Crippen molar-refractivity contribution in [3.8, 4) is 11.8 Å². The van der Waals surface area contributed by atoms with Crippen LogP contribution in [0.1, 0.15) is 44.9 Å². The summed E-state index contributed by atoms with van der Waals surface area (Å²) in [6, 6.07) is 0. The molecule has 2 aliphatic carbocycles. The lowest BCUT2D eigenvalue weighted by Gasteiger charge is -2.55. The molecule has 4 heteroatoms. The molecule has 2 fully saturated rings. The van der Waals surface area contributed by atoms with Gasteiger partial charge in [0.15, 0.2) is 6.61 Å². The fourth-order valence-electron chi connectivity index (χ4n) is 3.14. The first-order chi connectivity index (χ1) is 8.62. The van der Waals surface area contributed by atoms with Gasteiger partial charge < -0.3 is 14.6 Å². The van der Waals surface area contributed by atoms with Crippen molar-refractivity contribution in [1.82, 2.24) is 0 Å². The van der Waals surface area contributed by atoms with Gasteiger partial charge in [0.25, 0.3) is 0 Å². The summed E-state index contributed by atoms with van der Waals surface area (Å²) in [7, 11) is 1.26. The molecule has 2 rings (SSSR count). The van der Waals surface area contributed by atoms with E-state index in [2.05, 4.69) is 21.3 Å². The van der Waals surface area contributed by atoms with E-state index in [1.807, 2.05) is 0 Å². The molecule has 0 saturated heterocycles. The van der Waals surface area contributed by atoms with E-state index in [0.717, 1.165) is 25.7 Å². The van der Waals surface area contributed by atoms with Gasteiger partial charge in [-0.05, 0) is 25.7 Å². The summed E-state index contributed by atoms with van der Waals surface area (Å²) in [5.74, 6) is 5.65. The van der Waals surface area contributed by atoms with Gasteiger partial charge in [-0.25, -0.2) is 4.79 Å². The number of methoxy groups -OCH3 is 1. The van der Waals surface area contributed by atoms with Gasteiger partial charge in [0, 0.05) is 5.41 Å². The highest BCUT2D eigenvalue weighted by atomic mass is 16.7. The molecule has 4 nitrogen and oxygen atoms in total. The van der Waals surface area contributed by atoms with Crippen molar-refractivity contribution >= 4 is 6.16 Å². The minimum atomic E-state index is -0.868. The third kappa shape index (κ3) is 2.32. The first-order valence-corrected chi connectivity index (χ1v) is 6.55. The Bertz CT molecular complexity index is 373. The van der Waals surface area contributed by atoms with Crippen molar-refractivity contribution in [2.75, 3.05) is 13.7 Å². The average Bonchev–Trinajstić information content (AvgIpc) is 2.42. The van der Waals surface area contributed by atoms with Crippen LogP contribution in [0.4, 0.5) is 4.79 Å². The van der Waals surface area contributed by atoms with Crippen LogP contribution in [0, 0.1) is 17.3 Å². The second kappa shape index (κ2) is 5.19. The third-order valence-electron chi connectivity index (χ3n) is 4.38. The number of ether oxygens (including phenoxy) is 2. The van der Waals surface area contributed by atoms with Gasteiger partial charge in [0.2, 0.25) is 0 Å². The van der Waals surface area contributed by atoms with E-state index >= 15 is 0 Å². The molecule has 0 radical (unpaired) electrons. The Kier molecular flexibility index (Phi) is 3.82. The van der Waals surface area contributed by atoms with Crippen molar-refractivity contribution in [3.05, 3.63) is 0 Å². The minimum Gasteiger partial charge on any atom is -0.438 e. The Morgan fingerprint density at radius 2 is 1.94 bits per heavy atom. The van der Waals surface area contributed by atoms with Crippen LogP contribution in [0.5, 0.6) is 0 Å². The highest BCUT2D eigenvalue weighted by Crippen LogP contribution is 2.58. The van der Waals surface area contributed by atoms with Crippen LogP contribution in [0.3, 0.4) is 0 Å². The van der Waals surface area contributed by atoms with Crippen molar-refractivity contribution in [3.63, 3.8) is 0 Å². The number of carbonyl (C=O) groups excluding carboxylic acids is 1. The summed E-state index contributed by atoms with van der Waals surface area (Å²) in [6.07, 6.45) is 6.82. The maximum absolute atomic E-state index is 10.7. The average molecular weight is 252 g/mol. The van der Waals surface area contributed by atoms with Gasteiger partial charge in [-0.2, -0.15) is 0 Å².